The van der Waals surface area contributed by atoms with Gasteiger partial charge in [0.1, 0.15) is 12.1 Å². The molecule has 0 radical (unpaired) electrons. The maximum Gasteiger partial charge on any atom is 0.313 e. The van der Waals surface area contributed by atoms with E-state index in [2.05, 4.69) is 41.6 Å². The predicted octanol–water partition coefficient (Wildman–Crippen LogP) is 2.74. The highest BCUT2D eigenvalue weighted by molar-refractivity contribution is 9.11. The second kappa shape index (κ2) is 6.10. The van der Waals surface area contributed by atoms with Gasteiger partial charge >= 0.3 is 5.97 Å². The minimum absolute atomic E-state index is 0.233. The summed E-state index contributed by atoms with van der Waals surface area (Å²) in [6.45, 7) is 1.96. The van der Waals surface area contributed by atoms with Crippen LogP contribution in [0.25, 0.3) is 0 Å². The standard InChI is InChI=1S/C10H9Br2NO3/c1-2-16-9(15)4-8(14)10-7(12)3-6(11)5-13-10/h3,5H,2,4H2,1H3. The molecule has 1 aromatic heterocycles. The molecule has 1 rings (SSSR count). The van der Waals surface area contributed by atoms with Gasteiger partial charge in [0.25, 0.3) is 0 Å². The molecule has 0 fully saturated rings. The Morgan fingerprint density at radius 3 is 2.69 bits per heavy atom. The molecule has 0 aliphatic rings. The number of esters is 1. The number of halogens is 2. The van der Waals surface area contributed by atoms with Crippen LogP contribution in [0.1, 0.15) is 23.8 Å². The largest absolute Gasteiger partial charge is 0.466 e. The molecule has 6 heteroatoms. The van der Waals surface area contributed by atoms with E-state index < -0.39 is 5.97 Å². The van der Waals surface area contributed by atoms with E-state index in [9.17, 15) is 9.59 Å². The Balaban J connectivity index is 2.77. The number of ketones is 1. The monoisotopic (exact) mass is 349 g/mol. The van der Waals surface area contributed by atoms with Crippen LogP contribution >= 0.6 is 31.9 Å². The molecular weight excluding hydrogens is 342 g/mol. The molecule has 0 saturated heterocycles. The van der Waals surface area contributed by atoms with Crippen LogP contribution < -0.4 is 0 Å². The van der Waals surface area contributed by atoms with E-state index >= 15 is 0 Å². The quantitative estimate of drug-likeness (QED) is 0.476. The fourth-order valence-electron chi connectivity index (χ4n) is 1.05. The topological polar surface area (TPSA) is 56.3 Å². The molecule has 1 heterocycles. The maximum atomic E-state index is 11.7. The van der Waals surface area contributed by atoms with Crippen molar-refractivity contribution in [3.8, 4) is 0 Å². The Kier molecular flexibility index (Phi) is 5.08. The van der Waals surface area contributed by atoms with Crippen LogP contribution in [0.2, 0.25) is 0 Å². The SMILES string of the molecule is CCOC(=O)CC(=O)c1ncc(Br)cc1Br. The van der Waals surface area contributed by atoms with Crippen molar-refractivity contribution in [1.29, 1.82) is 0 Å². The van der Waals surface area contributed by atoms with Gasteiger partial charge in [0, 0.05) is 15.1 Å². The van der Waals surface area contributed by atoms with Gasteiger partial charge in [-0.15, -0.1) is 0 Å². The molecule has 0 aliphatic carbocycles. The number of hydrogen-bond acceptors (Lipinski definition) is 4. The molecule has 0 aliphatic heterocycles. The Bertz CT molecular complexity index is 421. The highest BCUT2D eigenvalue weighted by Crippen LogP contribution is 2.20. The number of carbonyl (C=O) groups is 2. The van der Waals surface area contributed by atoms with Gasteiger partial charge in [-0.05, 0) is 44.8 Å². The summed E-state index contributed by atoms with van der Waals surface area (Å²) in [6.07, 6.45) is 1.21. The number of Topliss-reactive ketones (excluding diaryl/α,β-unsaturated/α-hetero) is 1. The lowest BCUT2D eigenvalue weighted by Gasteiger charge is -2.03. The maximum absolute atomic E-state index is 11.7. The Hall–Kier alpha value is -0.750. The molecule has 0 saturated carbocycles. The fraction of sp³-hybridized carbons (Fsp3) is 0.300. The zero-order valence-electron chi connectivity index (χ0n) is 8.50. The zero-order chi connectivity index (χ0) is 12.1. The van der Waals surface area contributed by atoms with Gasteiger partial charge in [0.2, 0.25) is 0 Å². The van der Waals surface area contributed by atoms with E-state index in [4.69, 9.17) is 0 Å². The van der Waals surface area contributed by atoms with Crippen molar-refractivity contribution in [2.45, 2.75) is 13.3 Å². The highest BCUT2D eigenvalue weighted by atomic mass is 79.9. The Morgan fingerprint density at radius 2 is 2.12 bits per heavy atom. The summed E-state index contributed by atoms with van der Waals surface area (Å²) >= 11 is 6.44. The first-order valence-electron chi connectivity index (χ1n) is 4.54. The zero-order valence-corrected chi connectivity index (χ0v) is 11.7. The molecule has 0 amide bonds. The van der Waals surface area contributed by atoms with Crippen molar-refractivity contribution in [1.82, 2.24) is 4.98 Å². The summed E-state index contributed by atoms with van der Waals surface area (Å²) < 4.78 is 5.99. The van der Waals surface area contributed by atoms with E-state index in [1.807, 2.05) is 0 Å². The lowest BCUT2D eigenvalue weighted by Crippen LogP contribution is -2.13. The van der Waals surface area contributed by atoms with Crippen LogP contribution in [0.4, 0.5) is 0 Å². The van der Waals surface area contributed by atoms with Gasteiger partial charge in [-0.2, -0.15) is 0 Å². The molecular formula is C10H9Br2NO3. The van der Waals surface area contributed by atoms with Crippen LogP contribution in [0.5, 0.6) is 0 Å². The predicted molar refractivity (Wildman–Crippen MR) is 65.2 cm³/mol. The third-order valence-corrected chi connectivity index (χ3v) is 2.72. The summed E-state index contributed by atoms with van der Waals surface area (Å²) in [6, 6.07) is 1.70. The summed E-state index contributed by atoms with van der Waals surface area (Å²) in [5.41, 5.74) is 0.233. The van der Waals surface area contributed by atoms with E-state index in [1.54, 1.807) is 13.0 Å². The second-order valence-electron chi connectivity index (χ2n) is 2.89. The minimum Gasteiger partial charge on any atom is -0.466 e. The molecule has 86 valence electrons. The number of rotatable bonds is 4. The van der Waals surface area contributed by atoms with E-state index in [0.717, 1.165) is 4.47 Å². The third kappa shape index (κ3) is 3.68. The van der Waals surface area contributed by atoms with Crippen LogP contribution in [0.15, 0.2) is 21.2 Å². The average molecular weight is 351 g/mol. The lowest BCUT2D eigenvalue weighted by atomic mass is 10.2. The van der Waals surface area contributed by atoms with Crippen LogP contribution in [0.3, 0.4) is 0 Å². The van der Waals surface area contributed by atoms with E-state index in [1.165, 1.54) is 6.20 Å². The first kappa shape index (κ1) is 13.3. The van der Waals surface area contributed by atoms with Crippen molar-refractivity contribution in [2.75, 3.05) is 6.61 Å². The molecule has 0 atom stereocenters. The number of hydrogen-bond donors (Lipinski definition) is 0. The smallest absolute Gasteiger partial charge is 0.313 e. The van der Waals surface area contributed by atoms with Gasteiger partial charge in [-0.25, -0.2) is 0 Å². The van der Waals surface area contributed by atoms with Gasteiger partial charge in [-0.1, -0.05) is 0 Å². The van der Waals surface area contributed by atoms with Crippen molar-refractivity contribution in [2.24, 2.45) is 0 Å². The first-order chi connectivity index (χ1) is 7.54. The summed E-state index contributed by atoms with van der Waals surface area (Å²) in [5.74, 6) is -0.901. The summed E-state index contributed by atoms with van der Waals surface area (Å²) in [5, 5.41) is 0. The van der Waals surface area contributed by atoms with Crippen molar-refractivity contribution in [3.63, 3.8) is 0 Å². The molecule has 4 nitrogen and oxygen atoms in total. The first-order valence-corrected chi connectivity index (χ1v) is 6.13. The van der Waals surface area contributed by atoms with E-state index in [0.29, 0.717) is 4.47 Å². The minimum atomic E-state index is -0.538. The molecule has 0 aromatic carbocycles. The number of carbonyl (C=O) groups excluding carboxylic acids is 2. The fourth-order valence-corrected chi connectivity index (χ4v) is 2.26. The highest BCUT2D eigenvalue weighted by Gasteiger charge is 2.16. The molecule has 1 aromatic rings. The average Bonchev–Trinajstić information content (AvgIpc) is 2.17. The van der Waals surface area contributed by atoms with Crippen LogP contribution in [0, 0.1) is 0 Å². The number of aromatic nitrogens is 1. The second-order valence-corrected chi connectivity index (χ2v) is 4.66. The molecule has 16 heavy (non-hydrogen) atoms. The van der Waals surface area contributed by atoms with Crippen molar-refractivity contribution < 1.29 is 14.3 Å². The van der Waals surface area contributed by atoms with Crippen molar-refractivity contribution in [3.05, 3.63) is 26.9 Å². The molecule has 0 bridgehead atoms. The summed E-state index contributed by atoms with van der Waals surface area (Å²) in [7, 11) is 0. The van der Waals surface area contributed by atoms with Gasteiger partial charge in [-0.3, -0.25) is 14.6 Å². The van der Waals surface area contributed by atoms with Crippen molar-refractivity contribution >= 4 is 43.6 Å². The lowest BCUT2D eigenvalue weighted by molar-refractivity contribution is -0.141. The number of nitrogens with zero attached hydrogens (tertiary/aromatic N) is 1. The van der Waals surface area contributed by atoms with Crippen LogP contribution in [-0.2, 0) is 9.53 Å². The molecule has 0 N–H and O–H groups in total. The van der Waals surface area contributed by atoms with E-state index in [-0.39, 0.29) is 24.5 Å². The van der Waals surface area contributed by atoms with Gasteiger partial charge < -0.3 is 4.74 Å². The number of ether oxygens (including phenoxy) is 1. The Labute approximate surface area is 110 Å². The van der Waals surface area contributed by atoms with Gasteiger partial charge in [0.15, 0.2) is 5.78 Å². The molecule has 0 spiro atoms. The number of pyridine rings is 1. The third-order valence-electron chi connectivity index (χ3n) is 1.68. The molecule has 0 unspecified atom stereocenters. The van der Waals surface area contributed by atoms with Crippen LogP contribution in [-0.4, -0.2) is 23.3 Å². The van der Waals surface area contributed by atoms with Gasteiger partial charge in [0.05, 0.1) is 6.61 Å². The normalized spacial score (nSPS) is 9.94. The Morgan fingerprint density at radius 1 is 1.44 bits per heavy atom. The summed E-state index contributed by atoms with van der Waals surface area (Å²) in [4.78, 5) is 26.7.